The second kappa shape index (κ2) is 13.4. The summed E-state index contributed by atoms with van der Waals surface area (Å²) in [6.45, 7) is 3.72. The second-order valence-electron chi connectivity index (χ2n) is 9.56. The van der Waals surface area contributed by atoms with Gasteiger partial charge in [-0.1, -0.05) is 31.4 Å². The van der Waals surface area contributed by atoms with Gasteiger partial charge in [-0.15, -0.1) is 0 Å². The molecule has 1 N–H and O–H groups in total. The minimum absolute atomic E-state index is 0.101. The number of carbonyl (C=O) groups is 4. The van der Waals surface area contributed by atoms with Crippen LogP contribution in [0.5, 0.6) is 0 Å². The van der Waals surface area contributed by atoms with E-state index in [4.69, 9.17) is 0 Å². The molecule has 7 heteroatoms. The second-order valence-corrected chi connectivity index (χ2v) is 9.56. The number of benzene rings is 1. The fourth-order valence-electron chi connectivity index (χ4n) is 5.29. The maximum Gasteiger partial charge on any atom is 0.255 e. The van der Waals surface area contributed by atoms with E-state index in [1.54, 1.807) is 11.9 Å². The van der Waals surface area contributed by atoms with Crippen LogP contribution in [0.15, 0.2) is 18.2 Å². The van der Waals surface area contributed by atoms with Crippen LogP contribution < -0.4 is 5.32 Å². The molecule has 0 aliphatic carbocycles. The lowest BCUT2D eigenvalue weighted by Crippen LogP contribution is -2.37. The molecule has 7 nitrogen and oxygen atoms in total. The lowest BCUT2D eigenvalue weighted by Gasteiger charge is -2.33. The van der Waals surface area contributed by atoms with E-state index < -0.39 is 6.04 Å². The number of aldehydes is 2. The first-order chi connectivity index (χ1) is 16.6. The number of nitrogens with one attached hydrogen (secondary N) is 1. The van der Waals surface area contributed by atoms with Crippen molar-refractivity contribution in [2.75, 3.05) is 26.7 Å². The zero-order valence-corrected chi connectivity index (χ0v) is 20.5. The van der Waals surface area contributed by atoms with Crippen LogP contribution in [0.25, 0.3) is 0 Å². The normalized spacial score (nSPS) is 17.4. The van der Waals surface area contributed by atoms with Gasteiger partial charge in [-0.2, -0.15) is 0 Å². The highest BCUT2D eigenvalue weighted by Crippen LogP contribution is 2.36. The molecule has 1 aromatic rings. The van der Waals surface area contributed by atoms with Crippen LogP contribution in [0.4, 0.5) is 0 Å². The molecule has 2 heterocycles. The van der Waals surface area contributed by atoms with Crippen molar-refractivity contribution in [3.8, 4) is 0 Å². The van der Waals surface area contributed by atoms with Gasteiger partial charge in [0.05, 0.1) is 6.04 Å². The summed E-state index contributed by atoms with van der Waals surface area (Å²) in [4.78, 5) is 51.0. The van der Waals surface area contributed by atoms with Gasteiger partial charge in [0, 0.05) is 32.0 Å². The molecule has 0 aromatic heterocycles. The van der Waals surface area contributed by atoms with Crippen LogP contribution in [0.2, 0.25) is 0 Å². The third-order valence-corrected chi connectivity index (χ3v) is 7.36. The van der Waals surface area contributed by atoms with Gasteiger partial charge in [-0.05, 0) is 74.8 Å². The topological polar surface area (TPSA) is 86.8 Å². The van der Waals surface area contributed by atoms with Crippen LogP contribution in [0, 0.1) is 0 Å². The Balaban J connectivity index is 1.52. The van der Waals surface area contributed by atoms with E-state index in [2.05, 4.69) is 16.3 Å². The van der Waals surface area contributed by atoms with E-state index in [9.17, 15) is 19.2 Å². The molecule has 1 saturated heterocycles. The van der Waals surface area contributed by atoms with Gasteiger partial charge in [0.2, 0.25) is 5.91 Å². The molecule has 1 aromatic carbocycles. The predicted octanol–water partition coefficient (Wildman–Crippen LogP) is 3.46. The quantitative estimate of drug-likeness (QED) is 0.333. The number of fused-ring (bicyclic) bond motifs is 1. The average Bonchev–Trinajstić information content (AvgIpc) is 3.20. The van der Waals surface area contributed by atoms with Crippen LogP contribution in [-0.4, -0.2) is 66.9 Å². The third kappa shape index (κ3) is 6.75. The number of amides is 2. The van der Waals surface area contributed by atoms with Gasteiger partial charge in [0.25, 0.3) is 5.91 Å². The standard InChI is InChI=1S/C27H39N3O4/c1-28-26(33)12-11-22(20-32)30-19-25-23(9-8-10-24(25)27(30)34)21-13-16-29(17-14-21)15-6-4-2-3-5-7-18-31/h8-10,18,20-22H,2-7,11-17,19H2,1H3,(H,28,33). The van der Waals surface area contributed by atoms with E-state index in [0.29, 0.717) is 30.9 Å². The van der Waals surface area contributed by atoms with Crippen molar-refractivity contribution >= 4 is 24.4 Å². The summed E-state index contributed by atoms with van der Waals surface area (Å²) in [5.41, 5.74) is 3.02. The molecule has 2 aliphatic rings. The smallest absolute Gasteiger partial charge is 0.255 e. The van der Waals surface area contributed by atoms with Gasteiger partial charge < -0.3 is 24.7 Å². The number of rotatable bonds is 14. The van der Waals surface area contributed by atoms with E-state index in [1.807, 2.05) is 12.1 Å². The predicted molar refractivity (Wildman–Crippen MR) is 132 cm³/mol. The summed E-state index contributed by atoms with van der Waals surface area (Å²) >= 11 is 0. The number of hydrogen-bond acceptors (Lipinski definition) is 5. The molecule has 1 unspecified atom stereocenters. The molecule has 0 spiro atoms. The first kappa shape index (κ1) is 26.1. The SMILES string of the molecule is CNC(=O)CCC(C=O)N1Cc2c(cccc2C2CCN(CCCCCCCC=O)CC2)C1=O. The molecule has 0 bridgehead atoms. The third-order valence-electron chi connectivity index (χ3n) is 7.36. The number of carbonyl (C=O) groups excluding carboxylic acids is 4. The molecule has 3 rings (SSSR count). The van der Waals surface area contributed by atoms with Crippen molar-refractivity contribution in [1.82, 2.24) is 15.1 Å². The van der Waals surface area contributed by atoms with Gasteiger partial charge in [-0.3, -0.25) is 9.59 Å². The molecule has 1 atom stereocenters. The largest absolute Gasteiger partial charge is 0.359 e. The molecule has 186 valence electrons. The highest BCUT2D eigenvalue weighted by molar-refractivity contribution is 6.00. The first-order valence-electron chi connectivity index (χ1n) is 12.8. The van der Waals surface area contributed by atoms with Gasteiger partial charge >= 0.3 is 0 Å². The Hall–Kier alpha value is -2.54. The van der Waals surface area contributed by atoms with Crippen molar-refractivity contribution in [2.24, 2.45) is 0 Å². The summed E-state index contributed by atoms with van der Waals surface area (Å²) in [5.74, 6) is 0.209. The van der Waals surface area contributed by atoms with Crippen LogP contribution in [-0.2, 0) is 20.9 Å². The molecular weight excluding hydrogens is 430 g/mol. The molecule has 1 fully saturated rings. The lowest BCUT2D eigenvalue weighted by molar-refractivity contribution is -0.121. The Kier molecular flexibility index (Phi) is 10.3. The maximum atomic E-state index is 13.1. The molecular formula is C27H39N3O4. The Labute approximate surface area is 203 Å². The van der Waals surface area contributed by atoms with Crippen molar-refractivity contribution in [3.05, 3.63) is 34.9 Å². The zero-order valence-electron chi connectivity index (χ0n) is 20.5. The van der Waals surface area contributed by atoms with E-state index in [1.165, 1.54) is 24.8 Å². The highest BCUT2D eigenvalue weighted by atomic mass is 16.2. The van der Waals surface area contributed by atoms with Gasteiger partial charge in [-0.25, -0.2) is 0 Å². The molecule has 34 heavy (non-hydrogen) atoms. The van der Waals surface area contributed by atoms with E-state index in [0.717, 1.165) is 63.5 Å². The van der Waals surface area contributed by atoms with Crippen molar-refractivity contribution < 1.29 is 19.2 Å². The number of hydrogen-bond donors (Lipinski definition) is 1. The lowest BCUT2D eigenvalue weighted by atomic mass is 9.85. The molecule has 0 saturated carbocycles. The summed E-state index contributed by atoms with van der Waals surface area (Å²) in [6.07, 6.45) is 11.0. The summed E-state index contributed by atoms with van der Waals surface area (Å²) in [6, 6.07) is 5.40. The molecule has 2 amide bonds. The number of unbranched alkanes of at least 4 members (excludes halogenated alkanes) is 5. The monoisotopic (exact) mass is 469 g/mol. The number of nitrogens with zero attached hydrogens (tertiary/aromatic N) is 2. The van der Waals surface area contributed by atoms with E-state index >= 15 is 0 Å². The first-order valence-corrected chi connectivity index (χ1v) is 12.8. The summed E-state index contributed by atoms with van der Waals surface area (Å²) in [7, 11) is 1.57. The maximum absolute atomic E-state index is 13.1. The van der Waals surface area contributed by atoms with Crippen molar-refractivity contribution in [2.45, 2.75) is 82.7 Å². The summed E-state index contributed by atoms with van der Waals surface area (Å²) in [5, 5.41) is 2.57. The minimum atomic E-state index is -0.578. The Morgan fingerprint density at radius 1 is 1.12 bits per heavy atom. The highest BCUT2D eigenvalue weighted by Gasteiger charge is 2.35. The number of likely N-dealkylation sites (tertiary alicyclic amines) is 1. The van der Waals surface area contributed by atoms with Crippen LogP contribution in [0.1, 0.15) is 91.6 Å². The van der Waals surface area contributed by atoms with Gasteiger partial charge in [0.15, 0.2) is 0 Å². The van der Waals surface area contributed by atoms with Crippen LogP contribution in [0.3, 0.4) is 0 Å². The number of piperidine rings is 1. The van der Waals surface area contributed by atoms with Gasteiger partial charge in [0.1, 0.15) is 12.6 Å². The Morgan fingerprint density at radius 3 is 2.56 bits per heavy atom. The molecule has 0 radical (unpaired) electrons. The Morgan fingerprint density at radius 2 is 1.85 bits per heavy atom. The average molecular weight is 470 g/mol. The minimum Gasteiger partial charge on any atom is -0.359 e. The Bertz CT molecular complexity index is 848. The van der Waals surface area contributed by atoms with Crippen molar-refractivity contribution in [1.29, 1.82) is 0 Å². The van der Waals surface area contributed by atoms with E-state index in [-0.39, 0.29) is 18.2 Å². The molecule has 2 aliphatic heterocycles. The fourth-order valence-corrected chi connectivity index (χ4v) is 5.29. The van der Waals surface area contributed by atoms with Crippen molar-refractivity contribution in [3.63, 3.8) is 0 Å². The summed E-state index contributed by atoms with van der Waals surface area (Å²) < 4.78 is 0. The zero-order chi connectivity index (χ0) is 24.3. The fraction of sp³-hybridized carbons (Fsp3) is 0.630. The van der Waals surface area contributed by atoms with Crippen LogP contribution >= 0.6 is 0 Å².